The molecule has 15 nitrogen and oxygen atoms in total. The lowest BCUT2D eigenvalue weighted by Crippen LogP contribution is -2.49. The number of aryl methyl sites for hydroxylation is 1. The second kappa shape index (κ2) is 21.1. The van der Waals surface area contributed by atoms with E-state index in [0.29, 0.717) is 22.6 Å². The van der Waals surface area contributed by atoms with Crippen molar-refractivity contribution < 1.29 is 42.5 Å². The molecule has 2 bridgehead atoms. The number of hydrogen-bond donors (Lipinski definition) is 1. The topological polar surface area (TPSA) is 173 Å². The number of fused-ring (bicyclic) bond motifs is 2. The number of nitrogens with one attached hydrogen (secondary N) is 1. The second-order valence-electron chi connectivity index (χ2n) is 18.1. The van der Waals surface area contributed by atoms with Crippen LogP contribution in [0.5, 0.6) is 11.5 Å². The van der Waals surface area contributed by atoms with Gasteiger partial charge in [0.1, 0.15) is 60.8 Å². The predicted molar refractivity (Wildman–Crippen MR) is 258 cm³/mol. The van der Waals surface area contributed by atoms with Gasteiger partial charge in [-0.2, -0.15) is 10.2 Å². The largest absolute Gasteiger partial charge is 0.497 e. The molecule has 5 unspecified atom stereocenters. The third kappa shape index (κ3) is 10.5. The molecule has 5 atom stereocenters. The maximum atomic E-state index is 14.2. The SMILES string of the molecule is COc1ccc(C(OCC23COC(C(n4cc(C)c(NC(=O)c5ccccc5)nc4=O)O2)C3OP(CC(=O)OC(C)(C)CC#N)N(C(C)C)C(C)C)(c2ccccc2)c2ccc(OC)cc2)cc1. The van der Waals surface area contributed by atoms with Crippen LogP contribution in [0.2, 0.25) is 0 Å². The van der Waals surface area contributed by atoms with Gasteiger partial charge >= 0.3 is 11.7 Å². The Bertz CT molecular complexity index is 2570. The van der Waals surface area contributed by atoms with Crippen LogP contribution in [0.3, 0.4) is 0 Å². The van der Waals surface area contributed by atoms with Crippen molar-refractivity contribution in [1.29, 1.82) is 5.26 Å². The third-order valence-electron chi connectivity index (χ3n) is 12.1. The zero-order valence-electron chi connectivity index (χ0n) is 40.0. The Hall–Kier alpha value is -5.98. The number of carbonyl (C=O) groups excluding carboxylic acids is 2. The van der Waals surface area contributed by atoms with Gasteiger partial charge in [0.05, 0.1) is 39.9 Å². The van der Waals surface area contributed by atoms with Crippen LogP contribution in [0.4, 0.5) is 5.82 Å². The molecular weight excluding hydrogens is 886 g/mol. The molecular formula is C52H60N5O10P. The number of methoxy groups -OCH3 is 2. The van der Waals surface area contributed by atoms with E-state index in [9.17, 15) is 19.6 Å². The Morgan fingerprint density at radius 1 is 0.897 bits per heavy atom. The summed E-state index contributed by atoms with van der Waals surface area (Å²) in [5, 5.41) is 12.2. The lowest BCUT2D eigenvalue weighted by atomic mass is 9.79. The Kier molecular flexibility index (Phi) is 15.5. The van der Waals surface area contributed by atoms with Gasteiger partial charge in [0.2, 0.25) is 0 Å². The highest BCUT2D eigenvalue weighted by Gasteiger charge is 2.65. The van der Waals surface area contributed by atoms with Crippen molar-refractivity contribution >= 4 is 26.0 Å². The molecule has 0 spiro atoms. The number of ether oxygens (including phenoxy) is 6. The lowest BCUT2D eigenvalue weighted by Gasteiger charge is -2.42. The molecule has 2 saturated heterocycles. The average molecular weight is 946 g/mol. The summed E-state index contributed by atoms with van der Waals surface area (Å²) in [6.45, 7) is 13.2. The summed E-state index contributed by atoms with van der Waals surface area (Å²) in [4.78, 5) is 45.6. The predicted octanol–water partition coefficient (Wildman–Crippen LogP) is 8.55. The van der Waals surface area contributed by atoms with Gasteiger partial charge in [-0.15, -0.1) is 0 Å². The van der Waals surface area contributed by atoms with E-state index in [1.807, 2.05) is 113 Å². The Morgan fingerprint density at radius 2 is 1.46 bits per heavy atom. The van der Waals surface area contributed by atoms with Crippen LogP contribution >= 0.6 is 8.30 Å². The first-order chi connectivity index (χ1) is 32.5. The van der Waals surface area contributed by atoms with Gasteiger partial charge in [0.15, 0.2) is 6.23 Å². The van der Waals surface area contributed by atoms with E-state index >= 15 is 0 Å². The molecule has 3 heterocycles. The number of esters is 1. The number of amides is 1. The van der Waals surface area contributed by atoms with Crippen molar-refractivity contribution in [3.05, 3.63) is 154 Å². The zero-order chi connectivity index (χ0) is 48.8. The van der Waals surface area contributed by atoms with E-state index in [0.717, 1.165) is 16.7 Å². The first-order valence-corrected chi connectivity index (χ1v) is 24.0. The quantitative estimate of drug-likeness (QED) is 0.0447. The highest BCUT2D eigenvalue weighted by atomic mass is 31.2. The van der Waals surface area contributed by atoms with Crippen LogP contribution in [0.15, 0.2) is 120 Å². The molecule has 1 aromatic heterocycles. The van der Waals surface area contributed by atoms with E-state index < -0.39 is 61.1 Å². The molecule has 0 aliphatic carbocycles. The average Bonchev–Trinajstić information content (AvgIpc) is 3.81. The molecule has 1 N–H and O–H groups in total. The van der Waals surface area contributed by atoms with Crippen LogP contribution in [-0.4, -0.2) is 95.2 Å². The number of aromatic nitrogens is 2. The fraction of sp³-hybridized carbons (Fsp3) is 0.404. The van der Waals surface area contributed by atoms with Crippen molar-refractivity contribution in [2.75, 3.05) is 38.9 Å². The fourth-order valence-electron chi connectivity index (χ4n) is 8.92. The molecule has 5 aromatic rings. The first-order valence-electron chi connectivity index (χ1n) is 22.6. The molecule has 2 aliphatic rings. The summed E-state index contributed by atoms with van der Waals surface area (Å²) >= 11 is 0. The normalized spacial score (nSPS) is 19.5. The maximum Gasteiger partial charge on any atom is 0.351 e. The van der Waals surface area contributed by atoms with Crippen molar-refractivity contribution in [3.63, 3.8) is 0 Å². The van der Waals surface area contributed by atoms with Crippen LogP contribution in [0.25, 0.3) is 0 Å². The van der Waals surface area contributed by atoms with Gasteiger partial charge in [-0.25, -0.2) is 4.79 Å². The van der Waals surface area contributed by atoms with Gasteiger partial charge in [0, 0.05) is 29.4 Å². The molecule has 68 heavy (non-hydrogen) atoms. The van der Waals surface area contributed by atoms with Gasteiger partial charge in [0.25, 0.3) is 5.91 Å². The molecule has 2 fully saturated rings. The van der Waals surface area contributed by atoms with E-state index in [-0.39, 0.29) is 43.7 Å². The van der Waals surface area contributed by atoms with Gasteiger partial charge < -0.3 is 38.3 Å². The molecule has 1 amide bonds. The van der Waals surface area contributed by atoms with E-state index in [1.165, 1.54) is 4.57 Å². The summed E-state index contributed by atoms with van der Waals surface area (Å²) in [6, 6.07) is 35.8. The Morgan fingerprint density at radius 3 is 2.00 bits per heavy atom. The first kappa shape index (κ1) is 49.9. The molecule has 4 aromatic carbocycles. The number of nitrogens with zero attached hydrogens (tertiary/aromatic N) is 4. The smallest absolute Gasteiger partial charge is 0.351 e. The third-order valence-corrected chi connectivity index (χ3v) is 14.5. The summed E-state index contributed by atoms with van der Waals surface area (Å²) < 4.78 is 49.1. The summed E-state index contributed by atoms with van der Waals surface area (Å²) in [5.41, 5.74) is -1.08. The molecule has 0 saturated carbocycles. The van der Waals surface area contributed by atoms with E-state index in [2.05, 4.69) is 21.0 Å². The van der Waals surface area contributed by atoms with Crippen LogP contribution in [-0.2, 0) is 33.9 Å². The lowest BCUT2D eigenvalue weighted by molar-refractivity contribution is -0.203. The van der Waals surface area contributed by atoms with Gasteiger partial charge in [-0.05, 0) is 102 Å². The maximum absolute atomic E-state index is 14.2. The van der Waals surface area contributed by atoms with Gasteiger partial charge in [-0.3, -0.25) is 18.8 Å². The number of nitriles is 1. The summed E-state index contributed by atoms with van der Waals surface area (Å²) in [7, 11) is 1.42. The molecule has 358 valence electrons. The van der Waals surface area contributed by atoms with Crippen LogP contribution in [0, 0.1) is 18.3 Å². The summed E-state index contributed by atoms with van der Waals surface area (Å²) in [6.07, 6.45) is -1.42. The number of rotatable bonds is 20. The van der Waals surface area contributed by atoms with E-state index in [4.69, 9.17) is 32.9 Å². The minimum atomic E-state index is -1.80. The molecule has 16 heteroatoms. The fourth-order valence-corrected chi connectivity index (χ4v) is 11.2. The van der Waals surface area contributed by atoms with Crippen molar-refractivity contribution in [2.45, 2.75) is 102 Å². The van der Waals surface area contributed by atoms with E-state index in [1.54, 1.807) is 65.5 Å². The highest BCUT2D eigenvalue weighted by Crippen LogP contribution is 2.56. The summed E-state index contributed by atoms with van der Waals surface area (Å²) in [5.74, 6) is 0.486. The Balaban J connectivity index is 1.34. The number of carbonyl (C=O) groups is 2. The van der Waals surface area contributed by atoms with Crippen molar-refractivity contribution in [2.24, 2.45) is 0 Å². The molecule has 0 radical (unpaired) electrons. The minimum Gasteiger partial charge on any atom is -0.497 e. The molecule has 2 aliphatic heterocycles. The second-order valence-corrected chi connectivity index (χ2v) is 19.8. The van der Waals surface area contributed by atoms with Crippen LogP contribution < -0.4 is 20.5 Å². The van der Waals surface area contributed by atoms with Crippen molar-refractivity contribution in [3.8, 4) is 17.6 Å². The van der Waals surface area contributed by atoms with Crippen LogP contribution in [0.1, 0.15) is 86.8 Å². The zero-order valence-corrected chi connectivity index (χ0v) is 40.9. The number of anilines is 1. The minimum absolute atomic E-state index is 0.00654. The van der Waals surface area contributed by atoms with Gasteiger partial charge in [-0.1, -0.05) is 72.8 Å². The standard InChI is InChI=1S/C52H60N5O10P/c1-34(2)57(35(3)4)68(31-43(58)65-50(6,7)28-29-53)67-45-44-48(56-30-36(5)46(55-49(56)60)54-47(59)37-16-12-10-13-17-37)66-51(45,32-63-44)33-64-52(38-18-14-11-15-19-38,39-20-24-41(61-8)25-21-39)40-22-26-42(62-9)27-23-40/h10-27,30,34-35,44-45,48H,28,31-33H2,1-9H3,(H,54,55,59,60). The highest BCUT2D eigenvalue weighted by molar-refractivity contribution is 7.51. The number of benzene rings is 4. The van der Waals surface area contributed by atoms with Crippen molar-refractivity contribution in [1.82, 2.24) is 14.2 Å². The number of hydrogen-bond acceptors (Lipinski definition) is 13. The Labute approximate surface area is 399 Å². The monoisotopic (exact) mass is 945 g/mol. The molecule has 7 rings (SSSR count).